The predicted molar refractivity (Wildman–Crippen MR) is 81.9 cm³/mol. The molecule has 4 nitrogen and oxygen atoms in total. The lowest BCUT2D eigenvalue weighted by Gasteiger charge is -2.17. The van der Waals surface area contributed by atoms with E-state index in [0.717, 1.165) is 17.1 Å². The molecule has 0 aliphatic heterocycles. The van der Waals surface area contributed by atoms with Gasteiger partial charge in [-0.2, -0.15) is 11.8 Å². The lowest BCUT2D eigenvalue weighted by atomic mass is 10.2. The molecule has 102 valence electrons. The lowest BCUT2D eigenvalue weighted by molar-refractivity contribution is -0.119. The van der Waals surface area contributed by atoms with Gasteiger partial charge in [-0.1, -0.05) is 0 Å². The molecule has 2 rings (SSSR count). The molecule has 0 saturated heterocycles. The van der Waals surface area contributed by atoms with E-state index in [1.165, 1.54) is 11.3 Å². The molecule has 2 aromatic heterocycles. The van der Waals surface area contributed by atoms with Crippen LogP contribution in [0.3, 0.4) is 0 Å². The van der Waals surface area contributed by atoms with Gasteiger partial charge in [-0.25, -0.2) is 4.98 Å². The Morgan fingerprint density at radius 2 is 2.26 bits per heavy atom. The number of aromatic nitrogens is 2. The van der Waals surface area contributed by atoms with Gasteiger partial charge in [0.2, 0.25) is 5.91 Å². The molecule has 0 aromatic carbocycles. The van der Waals surface area contributed by atoms with Gasteiger partial charge in [-0.3, -0.25) is 4.79 Å². The van der Waals surface area contributed by atoms with E-state index in [0.29, 0.717) is 5.13 Å². The smallest absolute Gasteiger partial charge is 0.249 e. The van der Waals surface area contributed by atoms with Gasteiger partial charge in [-0.15, -0.1) is 11.3 Å². The molecule has 6 heteroatoms. The summed E-state index contributed by atoms with van der Waals surface area (Å²) in [4.78, 5) is 17.6. The molecule has 0 radical (unpaired) electrons. The van der Waals surface area contributed by atoms with Gasteiger partial charge < -0.3 is 9.88 Å². The van der Waals surface area contributed by atoms with Gasteiger partial charge in [-0.05, 0) is 37.5 Å². The van der Waals surface area contributed by atoms with Crippen LogP contribution in [0.15, 0.2) is 30.7 Å². The molecule has 0 bridgehead atoms. The third-order valence-corrected chi connectivity index (χ3v) is 4.21. The second-order valence-electron chi connectivity index (χ2n) is 4.19. The summed E-state index contributed by atoms with van der Waals surface area (Å²) >= 11 is 3.25. The highest BCUT2D eigenvalue weighted by Gasteiger charge is 2.20. The van der Waals surface area contributed by atoms with E-state index in [-0.39, 0.29) is 11.9 Å². The largest absolute Gasteiger partial charge is 0.342 e. The summed E-state index contributed by atoms with van der Waals surface area (Å²) in [5.74, 6) is 0.951. The molecule has 0 unspecified atom stereocenters. The Bertz CT molecular complexity index is 522. The average Bonchev–Trinajstić information content (AvgIpc) is 3.02. The van der Waals surface area contributed by atoms with Crippen LogP contribution < -0.4 is 5.32 Å². The fourth-order valence-electron chi connectivity index (χ4n) is 1.80. The number of hydrogen-bond acceptors (Lipinski definition) is 4. The summed E-state index contributed by atoms with van der Waals surface area (Å²) in [5, 5.41) is 3.57. The number of nitrogens with zero attached hydrogens (tertiary/aromatic N) is 2. The summed E-state index contributed by atoms with van der Waals surface area (Å²) in [6.07, 6.45) is 8.49. The molecule has 0 aliphatic carbocycles. The van der Waals surface area contributed by atoms with Crippen molar-refractivity contribution in [2.45, 2.75) is 19.4 Å². The molecule has 2 aromatic rings. The zero-order chi connectivity index (χ0) is 13.7. The number of rotatable bonds is 6. The first-order valence-electron chi connectivity index (χ1n) is 6.05. The Kier molecular flexibility index (Phi) is 5.04. The van der Waals surface area contributed by atoms with Crippen molar-refractivity contribution in [3.05, 3.63) is 35.6 Å². The van der Waals surface area contributed by atoms with Crippen molar-refractivity contribution in [1.29, 1.82) is 0 Å². The van der Waals surface area contributed by atoms with E-state index in [9.17, 15) is 4.79 Å². The topological polar surface area (TPSA) is 46.9 Å². The van der Waals surface area contributed by atoms with Crippen molar-refractivity contribution >= 4 is 34.1 Å². The zero-order valence-electron chi connectivity index (χ0n) is 11.0. The van der Waals surface area contributed by atoms with Crippen molar-refractivity contribution in [1.82, 2.24) is 9.55 Å². The van der Waals surface area contributed by atoms with Gasteiger partial charge in [0.15, 0.2) is 5.13 Å². The van der Waals surface area contributed by atoms with Crippen LogP contribution in [0.2, 0.25) is 0 Å². The molecular weight excluding hydrogens is 278 g/mol. The fraction of sp³-hybridized carbons (Fsp3) is 0.385. The van der Waals surface area contributed by atoms with Crippen LogP contribution in [0.4, 0.5) is 5.13 Å². The van der Waals surface area contributed by atoms with Crippen LogP contribution in [-0.4, -0.2) is 27.5 Å². The molecule has 1 amide bonds. The van der Waals surface area contributed by atoms with Crippen molar-refractivity contribution < 1.29 is 4.79 Å². The summed E-state index contributed by atoms with van der Waals surface area (Å²) in [5.41, 5.74) is 0. The minimum Gasteiger partial charge on any atom is -0.342 e. The van der Waals surface area contributed by atoms with E-state index in [4.69, 9.17) is 0 Å². The number of nitrogens with one attached hydrogen (secondary N) is 1. The maximum absolute atomic E-state index is 12.4. The van der Waals surface area contributed by atoms with Crippen LogP contribution in [0, 0.1) is 6.92 Å². The number of thioether (sulfide) groups is 1. The summed E-state index contributed by atoms with van der Waals surface area (Å²) in [6, 6.07) is 3.70. The highest BCUT2D eigenvalue weighted by molar-refractivity contribution is 7.98. The Balaban J connectivity index is 2.07. The Hall–Kier alpha value is -1.27. The molecule has 0 saturated carbocycles. The first kappa shape index (κ1) is 14.1. The fourth-order valence-corrected chi connectivity index (χ4v) is 2.93. The van der Waals surface area contributed by atoms with E-state index in [2.05, 4.69) is 16.6 Å². The molecular formula is C13H17N3OS2. The van der Waals surface area contributed by atoms with Gasteiger partial charge in [0.05, 0.1) is 0 Å². The van der Waals surface area contributed by atoms with Crippen LogP contribution in [0.5, 0.6) is 0 Å². The van der Waals surface area contributed by atoms with Crippen molar-refractivity contribution in [2.75, 3.05) is 17.3 Å². The summed E-state index contributed by atoms with van der Waals surface area (Å²) < 4.78 is 1.95. The van der Waals surface area contributed by atoms with E-state index in [1.54, 1.807) is 18.0 Å². The van der Waals surface area contributed by atoms with E-state index in [1.807, 2.05) is 36.0 Å². The molecule has 1 N–H and O–H groups in total. The van der Waals surface area contributed by atoms with Gasteiger partial charge >= 0.3 is 0 Å². The summed E-state index contributed by atoms with van der Waals surface area (Å²) in [7, 11) is 0. The highest BCUT2D eigenvalue weighted by atomic mass is 32.2. The zero-order valence-corrected chi connectivity index (χ0v) is 12.6. The molecule has 0 fully saturated rings. The number of aryl methyl sites for hydroxylation is 1. The number of carbonyl (C=O) groups excluding carboxylic acids is 1. The SMILES string of the molecule is CSCC[C@H](C(=O)Nc1ncc(C)s1)n1cccc1. The number of amides is 1. The number of hydrogen-bond donors (Lipinski definition) is 1. The monoisotopic (exact) mass is 295 g/mol. The first-order valence-corrected chi connectivity index (χ1v) is 8.26. The summed E-state index contributed by atoms with van der Waals surface area (Å²) in [6.45, 7) is 1.98. The second kappa shape index (κ2) is 6.77. The van der Waals surface area contributed by atoms with E-state index < -0.39 is 0 Å². The quantitative estimate of drug-likeness (QED) is 0.890. The highest BCUT2D eigenvalue weighted by Crippen LogP contribution is 2.21. The van der Waals surface area contributed by atoms with Crippen molar-refractivity contribution in [3.8, 4) is 0 Å². The first-order chi connectivity index (χ1) is 9.20. The van der Waals surface area contributed by atoms with Gasteiger partial charge in [0.1, 0.15) is 6.04 Å². The predicted octanol–water partition coefficient (Wildman–Crippen LogP) is 3.19. The number of anilines is 1. The Labute approximate surface area is 121 Å². The van der Waals surface area contributed by atoms with Gasteiger partial charge in [0, 0.05) is 23.5 Å². The third-order valence-electron chi connectivity index (χ3n) is 2.74. The third kappa shape index (κ3) is 3.84. The Morgan fingerprint density at radius 3 is 2.84 bits per heavy atom. The lowest BCUT2D eigenvalue weighted by Crippen LogP contribution is -2.25. The molecule has 0 spiro atoms. The van der Waals surface area contributed by atoms with E-state index >= 15 is 0 Å². The van der Waals surface area contributed by atoms with Crippen LogP contribution in [0.1, 0.15) is 17.3 Å². The van der Waals surface area contributed by atoms with Crippen molar-refractivity contribution in [3.63, 3.8) is 0 Å². The molecule has 0 aliphatic rings. The molecule has 2 heterocycles. The maximum atomic E-state index is 12.4. The van der Waals surface area contributed by atoms with Crippen LogP contribution in [-0.2, 0) is 4.79 Å². The normalized spacial score (nSPS) is 12.3. The average molecular weight is 295 g/mol. The molecule has 19 heavy (non-hydrogen) atoms. The van der Waals surface area contributed by atoms with Gasteiger partial charge in [0.25, 0.3) is 0 Å². The second-order valence-corrected chi connectivity index (χ2v) is 6.41. The maximum Gasteiger partial charge on any atom is 0.249 e. The van der Waals surface area contributed by atoms with Crippen LogP contribution >= 0.6 is 23.1 Å². The van der Waals surface area contributed by atoms with Crippen molar-refractivity contribution in [2.24, 2.45) is 0 Å². The minimum atomic E-state index is -0.174. The minimum absolute atomic E-state index is 0.000370. The molecule has 1 atom stereocenters. The number of carbonyl (C=O) groups is 1. The Morgan fingerprint density at radius 1 is 1.53 bits per heavy atom. The van der Waals surface area contributed by atoms with Crippen LogP contribution in [0.25, 0.3) is 0 Å². The standard InChI is InChI=1S/C13H17N3OS2/c1-10-9-14-13(19-10)15-12(17)11(5-8-18-2)16-6-3-4-7-16/h3-4,6-7,9,11H,5,8H2,1-2H3,(H,14,15,17)/t11-/m1/s1. The number of thiazole rings is 1.